The molecular formula is C6H11N2OPS. The zero-order chi connectivity index (χ0) is 8.48. The first-order chi connectivity index (χ1) is 5.14. The van der Waals surface area contributed by atoms with E-state index in [9.17, 15) is 4.57 Å². The van der Waals surface area contributed by atoms with Gasteiger partial charge in [0.25, 0.3) is 6.65 Å². The summed E-state index contributed by atoms with van der Waals surface area (Å²) in [6.45, 7) is -2.36. The molecule has 1 aliphatic heterocycles. The Morgan fingerprint density at radius 2 is 2.55 bits per heavy atom. The van der Waals surface area contributed by atoms with Gasteiger partial charge < -0.3 is 0 Å². The van der Waals surface area contributed by atoms with Gasteiger partial charge in [0.05, 0.1) is 6.04 Å². The van der Waals surface area contributed by atoms with Crippen LogP contribution in [0.3, 0.4) is 0 Å². The van der Waals surface area contributed by atoms with Gasteiger partial charge in [0.2, 0.25) is 0 Å². The van der Waals surface area contributed by atoms with Gasteiger partial charge in [0.15, 0.2) is 0 Å². The third-order valence-electron chi connectivity index (χ3n) is 1.75. The van der Waals surface area contributed by atoms with Crippen molar-refractivity contribution in [2.24, 2.45) is 0 Å². The summed E-state index contributed by atoms with van der Waals surface area (Å²) in [6.07, 6.45) is 5.25. The fourth-order valence-electron chi connectivity index (χ4n) is 0.932. The molecule has 62 valence electrons. The van der Waals surface area contributed by atoms with Crippen molar-refractivity contribution < 1.29 is 4.57 Å². The van der Waals surface area contributed by atoms with Crippen LogP contribution in [0.5, 0.6) is 0 Å². The lowest BCUT2D eigenvalue weighted by Gasteiger charge is -2.20. The van der Waals surface area contributed by atoms with Crippen molar-refractivity contribution in [3.05, 3.63) is 0 Å². The maximum absolute atomic E-state index is 11.8. The van der Waals surface area contributed by atoms with Gasteiger partial charge in [-0.15, -0.1) is 6.42 Å². The summed E-state index contributed by atoms with van der Waals surface area (Å²) in [6, 6.07) is 0.0123. The molecule has 0 radical (unpaired) electrons. The average Bonchev–Trinajstić information content (AvgIpc) is 2.31. The number of hydrogen-bond donors (Lipinski definition) is 1. The van der Waals surface area contributed by atoms with Crippen LogP contribution in [-0.2, 0) is 4.57 Å². The molecule has 2 unspecified atom stereocenters. The smallest absolute Gasteiger partial charge is 0.269 e. The number of hydrogen-bond acceptors (Lipinski definition) is 2. The van der Waals surface area contributed by atoms with Crippen molar-refractivity contribution in [1.82, 2.24) is 9.76 Å². The Hall–Kier alpha value is 0.0600. The molecule has 3 nitrogen and oxygen atoms in total. The van der Waals surface area contributed by atoms with Gasteiger partial charge in [-0.05, 0) is 14.1 Å². The molecule has 0 bridgehead atoms. The number of rotatable bonds is 1. The molecule has 0 saturated carbocycles. The van der Waals surface area contributed by atoms with E-state index in [1.54, 1.807) is 18.8 Å². The van der Waals surface area contributed by atoms with Crippen LogP contribution < -0.4 is 5.09 Å². The second-order valence-corrected chi connectivity index (χ2v) is 7.27. The molecule has 0 aromatic rings. The molecule has 5 heteroatoms. The summed E-state index contributed by atoms with van der Waals surface area (Å²) < 4.78 is 13.5. The molecule has 0 aromatic heterocycles. The average molecular weight is 190 g/mol. The van der Waals surface area contributed by atoms with E-state index < -0.39 is 6.65 Å². The molecule has 1 heterocycles. The van der Waals surface area contributed by atoms with Crippen molar-refractivity contribution in [1.29, 1.82) is 0 Å². The van der Waals surface area contributed by atoms with E-state index >= 15 is 0 Å². The third kappa shape index (κ3) is 1.47. The van der Waals surface area contributed by atoms with Gasteiger partial charge >= 0.3 is 0 Å². The van der Waals surface area contributed by atoms with Crippen molar-refractivity contribution in [3.63, 3.8) is 0 Å². The molecule has 1 saturated heterocycles. The van der Waals surface area contributed by atoms with E-state index in [4.69, 9.17) is 6.42 Å². The molecule has 2 atom stereocenters. The highest BCUT2D eigenvalue weighted by molar-refractivity contribution is 8.57. The van der Waals surface area contributed by atoms with Crippen molar-refractivity contribution in [2.75, 3.05) is 19.8 Å². The highest BCUT2D eigenvalue weighted by Crippen LogP contribution is 2.62. The molecule has 0 aromatic carbocycles. The van der Waals surface area contributed by atoms with Crippen molar-refractivity contribution >= 4 is 18.0 Å². The summed E-state index contributed by atoms with van der Waals surface area (Å²) in [5, 5.41) is 2.80. The number of nitrogens with zero attached hydrogens (tertiary/aromatic N) is 1. The Balaban J connectivity index is 2.80. The summed E-state index contributed by atoms with van der Waals surface area (Å²) >= 11 is 1.41. The molecule has 0 aliphatic carbocycles. The lowest BCUT2D eigenvalue weighted by atomic mass is 10.4. The summed E-state index contributed by atoms with van der Waals surface area (Å²) in [4.78, 5) is 0. The van der Waals surface area contributed by atoms with E-state index in [2.05, 4.69) is 11.0 Å². The zero-order valence-electron chi connectivity index (χ0n) is 6.57. The molecule has 1 N–H and O–H groups in total. The Kier molecular flexibility index (Phi) is 2.66. The first-order valence-corrected chi connectivity index (χ1v) is 6.52. The van der Waals surface area contributed by atoms with Gasteiger partial charge in [0.1, 0.15) is 0 Å². The van der Waals surface area contributed by atoms with Crippen LogP contribution in [0.15, 0.2) is 0 Å². The quantitative estimate of drug-likeness (QED) is 0.493. The molecule has 1 rings (SSSR count). The Bertz CT molecular complexity index is 237. The van der Waals surface area contributed by atoms with E-state index in [0.717, 1.165) is 5.75 Å². The fraction of sp³-hybridized carbons (Fsp3) is 0.667. The van der Waals surface area contributed by atoms with Gasteiger partial charge in [-0.25, -0.2) is 9.76 Å². The highest BCUT2D eigenvalue weighted by atomic mass is 32.7. The predicted molar refractivity (Wildman–Crippen MR) is 49.5 cm³/mol. The van der Waals surface area contributed by atoms with E-state index in [1.807, 2.05) is 0 Å². The molecule has 0 spiro atoms. The van der Waals surface area contributed by atoms with Gasteiger partial charge in [-0.2, -0.15) is 0 Å². The van der Waals surface area contributed by atoms with Crippen LogP contribution in [0.1, 0.15) is 0 Å². The monoisotopic (exact) mass is 190 g/mol. The summed E-state index contributed by atoms with van der Waals surface area (Å²) in [7, 11) is 3.49. The number of terminal acetylenes is 1. The van der Waals surface area contributed by atoms with Crippen molar-refractivity contribution in [2.45, 2.75) is 6.04 Å². The molecule has 1 fully saturated rings. The standard InChI is InChI=1S/C6H11N2OPS/c1-4-6-5-11-10(9,7-2)8(6)3/h1,6H,5H2,2-3H3,(H,7,9). The Morgan fingerprint density at radius 1 is 1.91 bits per heavy atom. The van der Waals surface area contributed by atoms with E-state index in [0.29, 0.717) is 0 Å². The second kappa shape index (κ2) is 3.20. The second-order valence-electron chi connectivity index (χ2n) is 2.30. The largest absolute Gasteiger partial charge is 0.277 e. The van der Waals surface area contributed by atoms with E-state index in [1.165, 1.54) is 11.4 Å². The van der Waals surface area contributed by atoms with Crippen LogP contribution >= 0.6 is 18.0 Å². The third-order valence-corrected chi connectivity index (χ3v) is 7.06. The minimum Gasteiger partial charge on any atom is -0.277 e. The Labute approximate surface area is 71.1 Å². The number of nitrogens with one attached hydrogen (secondary N) is 1. The summed E-state index contributed by atoms with van der Waals surface area (Å²) in [5.74, 6) is 3.35. The minimum absolute atomic E-state index is 0.0123. The minimum atomic E-state index is -2.36. The SMILES string of the molecule is C#CC1CSP(=O)(NC)N1C. The predicted octanol–water partition coefficient (Wildman–Crippen LogP) is 0.994. The lowest BCUT2D eigenvalue weighted by molar-refractivity contribution is 0.462. The molecular weight excluding hydrogens is 179 g/mol. The first kappa shape index (κ1) is 9.15. The summed E-state index contributed by atoms with van der Waals surface area (Å²) in [5.41, 5.74) is 0. The first-order valence-electron chi connectivity index (χ1n) is 3.27. The van der Waals surface area contributed by atoms with Crippen molar-refractivity contribution in [3.8, 4) is 12.3 Å². The normalized spacial score (nSPS) is 38.8. The lowest BCUT2D eigenvalue weighted by Crippen LogP contribution is -2.25. The van der Waals surface area contributed by atoms with Crippen LogP contribution in [-0.4, -0.2) is 30.6 Å². The van der Waals surface area contributed by atoms with Crippen LogP contribution in [0.2, 0.25) is 0 Å². The van der Waals surface area contributed by atoms with Crippen LogP contribution in [0.4, 0.5) is 0 Å². The van der Waals surface area contributed by atoms with Gasteiger partial charge in [0, 0.05) is 5.75 Å². The highest BCUT2D eigenvalue weighted by Gasteiger charge is 2.38. The molecule has 11 heavy (non-hydrogen) atoms. The van der Waals surface area contributed by atoms with E-state index in [-0.39, 0.29) is 6.04 Å². The van der Waals surface area contributed by atoms with Crippen LogP contribution in [0, 0.1) is 12.3 Å². The van der Waals surface area contributed by atoms with Crippen LogP contribution in [0.25, 0.3) is 0 Å². The van der Waals surface area contributed by atoms with Gasteiger partial charge in [-0.1, -0.05) is 17.3 Å². The Morgan fingerprint density at radius 3 is 2.82 bits per heavy atom. The fourth-order valence-corrected chi connectivity index (χ4v) is 5.15. The maximum atomic E-state index is 11.8. The molecule has 0 amide bonds. The maximum Gasteiger partial charge on any atom is 0.269 e. The zero-order valence-corrected chi connectivity index (χ0v) is 8.28. The van der Waals surface area contributed by atoms with Gasteiger partial charge in [-0.3, -0.25) is 4.57 Å². The topological polar surface area (TPSA) is 32.3 Å². The molecule has 1 aliphatic rings.